The minimum absolute atomic E-state index is 0.304. The highest BCUT2D eigenvalue weighted by Gasteiger charge is 2.55. The van der Waals surface area contributed by atoms with Crippen molar-refractivity contribution >= 4 is 5.97 Å². The fourth-order valence-corrected chi connectivity index (χ4v) is 4.41. The summed E-state index contributed by atoms with van der Waals surface area (Å²) in [5.74, 6) is -0.865. The predicted octanol–water partition coefficient (Wildman–Crippen LogP) is 3.60. The fraction of sp³-hybridized carbons (Fsp3) is 0.632. The Balaban J connectivity index is 1.63. The zero-order valence-corrected chi connectivity index (χ0v) is 13.9. The summed E-state index contributed by atoms with van der Waals surface area (Å²) < 4.78 is 5.99. The Morgan fingerprint density at radius 3 is 2.83 bits per heavy atom. The zero-order chi connectivity index (χ0) is 16.3. The topological polar surface area (TPSA) is 58.6 Å². The number of nitrogens with one attached hydrogen (secondary N) is 1. The number of rotatable bonds is 6. The second kappa shape index (κ2) is 7.02. The molecule has 2 atom stereocenters. The summed E-state index contributed by atoms with van der Waals surface area (Å²) in [6.07, 6.45) is 7.93. The van der Waals surface area contributed by atoms with E-state index < -0.39 is 5.97 Å². The molecule has 3 rings (SSSR count). The third-order valence-electron chi connectivity index (χ3n) is 5.66. The van der Waals surface area contributed by atoms with Crippen molar-refractivity contribution in [2.75, 3.05) is 6.61 Å². The largest absolute Gasteiger partial charge is 0.478 e. The van der Waals surface area contributed by atoms with Crippen molar-refractivity contribution in [1.29, 1.82) is 0 Å². The van der Waals surface area contributed by atoms with Crippen molar-refractivity contribution in [3.63, 3.8) is 0 Å². The first-order valence-corrected chi connectivity index (χ1v) is 8.83. The summed E-state index contributed by atoms with van der Waals surface area (Å²) >= 11 is 0. The smallest absolute Gasteiger partial charge is 0.335 e. The highest BCUT2D eigenvalue weighted by molar-refractivity contribution is 5.87. The number of aromatic carboxylic acids is 1. The maximum absolute atomic E-state index is 11.1. The molecule has 0 amide bonds. The van der Waals surface area contributed by atoms with Crippen LogP contribution in [0.4, 0.5) is 0 Å². The lowest BCUT2D eigenvalue weighted by atomic mass is 9.55. The van der Waals surface area contributed by atoms with E-state index in [2.05, 4.69) is 12.2 Å². The van der Waals surface area contributed by atoms with Crippen LogP contribution in [0.15, 0.2) is 24.3 Å². The molecular weight excluding hydrogens is 290 g/mol. The van der Waals surface area contributed by atoms with E-state index in [0.29, 0.717) is 23.1 Å². The summed E-state index contributed by atoms with van der Waals surface area (Å²) in [6, 6.07) is 7.71. The first-order chi connectivity index (χ1) is 11.2. The van der Waals surface area contributed by atoms with E-state index in [-0.39, 0.29) is 0 Å². The minimum atomic E-state index is -0.865. The van der Waals surface area contributed by atoms with Crippen LogP contribution in [0.25, 0.3) is 0 Å². The Labute approximate surface area is 138 Å². The van der Waals surface area contributed by atoms with E-state index in [1.165, 1.54) is 32.1 Å². The van der Waals surface area contributed by atoms with E-state index >= 15 is 0 Å². The molecular formula is C19H27NO3. The molecule has 2 unspecified atom stereocenters. The summed E-state index contributed by atoms with van der Waals surface area (Å²) in [5, 5.41) is 12.8. The van der Waals surface area contributed by atoms with Crippen LogP contribution in [0.5, 0.6) is 0 Å². The molecule has 0 bridgehead atoms. The molecule has 1 aromatic rings. The number of hydrogen-bond donors (Lipinski definition) is 2. The van der Waals surface area contributed by atoms with Crippen molar-refractivity contribution in [2.45, 2.75) is 64.1 Å². The number of carboxylic acids is 1. The number of hydrogen-bond acceptors (Lipinski definition) is 3. The molecule has 1 spiro atoms. The highest BCUT2D eigenvalue weighted by Crippen LogP contribution is 2.53. The molecule has 0 radical (unpaired) electrons. The SMILES string of the molecule is CCOC1CC(NCc2cccc(C(=O)O)c2)C12CCCCC2. The van der Waals surface area contributed by atoms with Crippen LogP contribution in [-0.4, -0.2) is 29.8 Å². The lowest BCUT2D eigenvalue weighted by Gasteiger charge is -2.58. The maximum atomic E-state index is 11.1. The van der Waals surface area contributed by atoms with Crippen LogP contribution >= 0.6 is 0 Å². The second-order valence-corrected chi connectivity index (χ2v) is 6.91. The molecule has 2 aliphatic rings. The predicted molar refractivity (Wildman–Crippen MR) is 89.6 cm³/mol. The van der Waals surface area contributed by atoms with Crippen LogP contribution < -0.4 is 5.32 Å². The van der Waals surface area contributed by atoms with Crippen LogP contribution in [0.1, 0.15) is 61.4 Å². The maximum Gasteiger partial charge on any atom is 0.335 e. The molecule has 126 valence electrons. The van der Waals surface area contributed by atoms with Crippen LogP contribution in [0, 0.1) is 5.41 Å². The molecule has 2 aliphatic carbocycles. The summed E-state index contributed by atoms with van der Waals surface area (Å²) in [7, 11) is 0. The van der Waals surface area contributed by atoms with Crippen molar-refractivity contribution in [2.24, 2.45) is 5.41 Å². The first-order valence-electron chi connectivity index (χ1n) is 8.83. The molecule has 1 aromatic carbocycles. The van der Waals surface area contributed by atoms with Gasteiger partial charge in [-0.05, 0) is 43.9 Å². The Kier molecular flexibility index (Phi) is 5.02. The molecule has 2 saturated carbocycles. The van der Waals surface area contributed by atoms with Crippen LogP contribution in [-0.2, 0) is 11.3 Å². The van der Waals surface area contributed by atoms with Gasteiger partial charge < -0.3 is 15.2 Å². The summed E-state index contributed by atoms with van der Waals surface area (Å²) in [4.78, 5) is 11.1. The molecule has 2 N–H and O–H groups in total. The van der Waals surface area contributed by atoms with Gasteiger partial charge >= 0.3 is 5.97 Å². The molecule has 0 saturated heterocycles. The van der Waals surface area contributed by atoms with E-state index in [4.69, 9.17) is 9.84 Å². The zero-order valence-electron chi connectivity index (χ0n) is 13.9. The van der Waals surface area contributed by atoms with Gasteiger partial charge in [0, 0.05) is 24.6 Å². The van der Waals surface area contributed by atoms with Gasteiger partial charge in [0.1, 0.15) is 0 Å². The molecule has 0 heterocycles. The molecule has 4 nitrogen and oxygen atoms in total. The number of carboxylic acid groups (broad SMARTS) is 1. The fourth-order valence-electron chi connectivity index (χ4n) is 4.41. The third kappa shape index (κ3) is 3.29. The van der Waals surface area contributed by atoms with Crippen LogP contribution in [0.3, 0.4) is 0 Å². The summed E-state index contributed by atoms with van der Waals surface area (Å²) in [5.41, 5.74) is 1.70. The quantitative estimate of drug-likeness (QED) is 0.841. The Morgan fingerprint density at radius 2 is 2.13 bits per heavy atom. The Hall–Kier alpha value is -1.39. The van der Waals surface area contributed by atoms with Gasteiger partial charge in [0.05, 0.1) is 11.7 Å². The van der Waals surface area contributed by atoms with Gasteiger partial charge in [-0.3, -0.25) is 0 Å². The number of carbonyl (C=O) groups is 1. The number of benzene rings is 1. The van der Waals surface area contributed by atoms with Gasteiger partial charge in [0.25, 0.3) is 0 Å². The van der Waals surface area contributed by atoms with Crippen molar-refractivity contribution in [1.82, 2.24) is 5.32 Å². The van der Waals surface area contributed by atoms with Gasteiger partial charge in [0.15, 0.2) is 0 Å². The average Bonchev–Trinajstić information content (AvgIpc) is 2.58. The second-order valence-electron chi connectivity index (χ2n) is 6.91. The monoisotopic (exact) mass is 317 g/mol. The average molecular weight is 317 g/mol. The van der Waals surface area contributed by atoms with Crippen molar-refractivity contribution in [3.05, 3.63) is 35.4 Å². The first kappa shape index (κ1) is 16.5. The molecule has 2 fully saturated rings. The van der Waals surface area contributed by atoms with Gasteiger partial charge in [-0.2, -0.15) is 0 Å². The number of ether oxygens (including phenoxy) is 1. The van der Waals surface area contributed by atoms with E-state index in [9.17, 15) is 4.79 Å². The highest BCUT2D eigenvalue weighted by atomic mass is 16.5. The third-order valence-corrected chi connectivity index (χ3v) is 5.66. The normalized spacial score (nSPS) is 26.0. The molecule has 23 heavy (non-hydrogen) atoms. The van der Waals surface area contributed by atoms with E-state index in [1.807, 2.05) is 12.1 Å². The van der Waals surface area contributed by atoms with Gasteiger partial charge in [-0.25, -0.2) is 4.79 Å². The Morgan fingerprint density at radius 1 is 1.35 bits per heavy atom. The summed E-state index contributed by atoms with van der Waals surface area (Å²) in [6.45, 7) is 3.60. The Bertz CT molecular complexity index is 551. The minimum Gasteiger partial charge on any atom is -0.478 e. The van der Waals surface area contributed by atoms with Gasteiger partial charge in [0.2, 0.25) is 0 Å². The van der Waals surface area contributed by atoms with Gasteiger partial charge in [-0.1, -0.05) is 31.4 Å². The molecule has 4 heteroatoms. The lowest BCUT2D eigenvalue weighted by Crippen LogP contribution is -2.64. The standard InChI is InChI=1S/C19H27NO3/c1-2-23-17-12-16(19(17)9-4-3-5-10-19)20-13-14-7-6-8-15(11-14)18(21)22/h6-8,11,16-17,20H,2-5,9-10,12-13H2,1H3,(H,21,22). The van der Waals surface area contributed by atoms with E-state index in [1.54, 1.807) is 12.1 Å². The van der Waals surface area contributed by atoms with E-state index in [0.717, 1.165) is 25.1 Å². The van der Waals surface area contributed by atoms with Crippen LogP contribution in [0.2, 0.25) is 0 Å². The van der Waals surface area contributed by atoms with Gasteiger partial charge in [-0.15, -0.1) is 0 Å². The van der Waals surface area contributed by atoms with Crippen molar-refractivity contribution in [3.8, 4) is 0 Å². The molecule has 0 aliphatic heterocycles. The van der Waals surface area contributed by atoms with Crippen molar-refractivity contribution < 1.29 is 14.6 Å². The lowest BCUT2D eigenvalue weighted by molar-refractivity contribution is -0.150. The molecule has 0 aromatic heterocycles.